The average molecular weight is 366 g/mol. The van der Waals surface area contributed by atoms with E-state index in [1.54, 1.807) is 0 Å². The van der Waals surface area contributed by atoms with Crippen LogP contribution in [0.3, 0.4) is 0 Å². The van der Waals surface area contributed by atoms with Crippen LogP contribution in [-0.4, -0.2) is 17.0 Å². The Kier molecular flexibility index (Phi) is 19.8. The van der Waals surface area contributed by atoms with Crippen LogP contribution in [0.5, 0.6) is 0 Å². The van der Waals surface area contributed by atoms with Gasteiger partial charge in [0.1, 0.15) is 5.78 Å². The molecule has 0 saturated heterocycles. The zero-order valence-corrected chi connectivity index (χ0v) is 14.7. The molecule has 24 heavy (non-hydrogen) atoms. The summed E-state index contributed by atoms with van der Waals surface area (Å²) in [4.78, 5) is 12.2. The summed E-state index contributed by atoms with van der Waals surface area (Å²) >= 11 is 0. The third kappa shape index (κ3) is 8.83. The van der Waals surface area contributed by atoms with Crippen molar-refractivity contribution >= 4 is 5.78 Å². The Bertz CT molecular complexity index is 420. The number of hydrogen-bond acceptors (Lipinski definition) is 2. The number of allylic oxidation sites excluding steroid dienone is 2. The first-order valence-corrected chi connectivity index (χ1v) is 6.65. The second-order valence-corrected chi connectivity index (χ2v) is 4.92. The van der Waals surface area contributed by atoms with Gasteiger partial charge >= 0.3 is 33.9 Å². The third-order valence-corrected chi connectivity index (χ3v) is 3.27. The van der Waals surface area contributed by atoms with E-state index in [0.29, 0.717) is 12.3 Å². The van der Waals surface area contributed by atoms with Gasteiger partial charge in [0.25, 0.3) is 0 Å². The minimum Gasteiger partial charge on any atom is 0 e. The van der Waals surface area contributed by atoms with E-state index in [2.05, 4.69) is 26.0 Å². The number of rotatable bonds is 2. The Labute approximate surface area is 155 Å². The molecule has 2 fully saturated rings. The van der Waals surface area contributed by atoms with E-state index >= 15 is 0 Å². The normalized spacial score (nSPS) is 22.3. The number of Topliss-reactive ketones (excluding diaryl/α,β-unsaturated/α-hetero) is 1. The van der Waals surface area contributed by atoms with Crippen LogP contribution in [0.15, 0.2) is 11.6 Å². The van der Waals surface area contributed by atoms with Crippen LogP contribution < -0.4 is 0 Å². The Morgan fingerprint density at radius 1 is 1.17 bits per heavy atom. The molecule has 0 aromatic carbocycles. The predicted octanol–water partition coefficient (Wildman–Crippen LogP) is 2.16. The Morgan fingerprint density at radius 2 is 1.67 bits per heavy atom. The van der Waals surface area contributed by atoms with Crippen LogP contribution in [0.25, 0.3) is 0 Å². The molecule has 1 N–H and O–H groups in total. The molecule has 5 nitrogen and oxygen atoms in total. The smallest absolute Gasteiger partial charge is 0 e. The van der Waals surface area contributed by atoms with E-state index < -0.39 is 6.10 Å². The topological polar surface area (TPSA) is 97.0 Å². The number of fused-ring (bicyclic) bond motifs is 1. The fourth-order valence-corrected chi connectivity index (χ4v) is 2.32. The molecule has 0 heterocycles. The Balaban J connectivity index is -0.000000569. The van der Waals surface area contributed by atoms with E-state index in [1.165, 1.54) is 5.57 Å². The van der Waals surface area contributed by atoms with E-state index in [9.17, 15) is 9.90 Å². The van der Waals surface area contributed by atoms with Gasteiger partial charge in [0.2, 0.25) is 0 Å². The molecule has 2 aliphatic rings. The van der Waals surface area contributed by atoms with Crippen molar-refractivity contribution < 1.29 is 41.2 Å². The molecule has 0 aromatic heterocycles. The van der Waals surface area contributed by atoms with Crippen molar-refractivity contribution in [3.63, 3.8) is 0 Å². The van der Waals surface area contributed by atoms with Gasteiger partial charge in [0.15, 0.2) is 0 Å². The zero-order valence-electron chi connectivity index (χ0n) is 13.4. The Hall–Kier alpha value is -0.878. The fraction of sp³-hybridized carbons (Fsp3) is 0.333. The maximum absolute atomic E-state index is 12.2. The number of hydrogen-bond donors (Lipinski definition) is 1. The number of aliphatic hydroxyl groups excluding tert-OH is 1. The molecule has 0 aromatic rings. The van der Waals surface area contributed by atoms with Crippen molar-refractivity contribution in [2.45, 2.75) is 32.8 Å². The van der Waals surface area contributed by atoms with Gasteiger partial charge in [-0.3, -0.25) is 4.79 Å². The quantitative estimate of drug-likeness (QED) is 0.460. The summed E-state index contributed by atoms with van der Waals surface area (Å²) in [6.07, 6.45) is 10.2. The molecule has 6 heteroatoms. The molecule has 0 unspecified atom stereocenters. The molecular formula is C18H18CrO5. The van der Waals surface area contributed by atoms with Gasteiger partial charge in [-0.15, -0.1) is 0 Å². The molecule has 0 spiro atoms. The largest absolute Gasteiger partial charge is 0 e. The summed E-state index contributed by atoms with van der Waals surface area (Å²) in [5.74, 6) is 1.57. The summed E-state index contributed by atoms with van der Waals surface area (Å²) in [7, 11) is 0. The minimum absolute atomic E-state index is 0. The molecule has 2 aliphatic carbocycles. The zero-order chi connectivity index (χ0) is 18.4. The first-order valence-electron chi connectivity index (χ1n) is 6.65. The van der Waals surface area contributed by atoms with Crippen LogP contribution >= 0.6 is 0 Å². The molecule has 0 aliphatic heterocycles. The van der Waals surface area contributed by atoms with Crippen LogP contribution in [0, 0.1) is 63.4 Å². The predicted molar refractivity (Wildman–Crippen MR) is 78.6 cm³/mol. The first kappa shape index (κ1) is 27.9. The SMILES string of the molecule is CC(C)=CC[C@@H]1C[C@H](O)[C]2[CH][CH][CH][CH][C]2C1=O.[C-]#[O+].[C-]#[O+].[C-]#[O+].[Cr]. The summed E-state index contributed by atoms with van der Waals surface area (Å²) < 4.78 is 22.5. The van der Waals surface area contributed by atoms with E-state index in [1.807, 2.05) is 39.5 Å². The van der Waals surface area contributed by atoms with Crippen molar-refractivity contribution in [1.82, 2.24) is 0 Å². The monoisotopic (exact) mass is 366 g/mol. The maximum Gasteiger partial charge on any atom is 0 e. The van der Waals surface area contributed by atoms with Crippen molar-refractivity contribution in [2.24, 2.45) is 5.92 Å². The second kappa shape index (κ2) is 17.0. The van der Waals surface area contributed by atoms with E-state index in [-0.39, 0.29) is 29.1 Å². The molecular weight excluding hydrogens is 348 g/mol. The van der Waals surface area contributed by atoms with Crippen molar-refractivity contribution in [3.8, 4) is 0 Å². The van der Waals surface area contributed by atoms with Gasteiger partial charge in [0.05, 0.1) is 12.0 Å². The van der Waals surface area contributed by atoms with Crippen molar-refractivity contribution in [2.75, 3.05) is 0 Å². The van der Waals surface area contributed by atoms with Gasteiger partial charge in [0, 0.05) is 29.2 Å². The number of carbonyl (C=O) groups excluding carboxylic acids is 1. The van der Waals surface area contributed by atoms with Gasteiger partial charge in [-0.2, -0.15) is 0 Å². The fourth-order valence-electron chi connectivity index (χ4n) is 2.32. The van der Waals surface area contributed by atoms with E-state index in [4.69, 9.17) is 14.0 Å². The van der Waals surface area contributed by atoms with E-state index in [0.717, 1.165) is 12.3 Å². The third-order valence-electron chi connectivity index (χ3n) is 3.27. The molecule has 2 atom stereocenters. The molecule has 6 radical (unpaired) electrons. The van der Waals surface area contributed by atoms with Crippen LogP contribution in [-0.2, 0) is 36.1 Å². The Morgan fingerprint density at radius 3 is 2.17 bits per heavy atom. The molecule has 2 saturated carbocycles. The average Bonchev–Trinajstić information content (AvgIpc) is 2.62. The van der Waals surface area contributed by atoms with Crippen LogP contribution in [0.4, 0.5) is 0 Å². The number of carbonyl (C=O) groups is 1. The first-order chi connectivity index (χ1) is 11.1. The summed E-state index contributed by atoms with van der Waals surface area (Å²) in [6, 6.07) is 0. The van der Waals surface area contributed by atoms with Crippen LogP contribution in [0.2, 0.25) is 0 Å². The summed E-state index contributed by atoms with van der Waals surface area (Å²) in [5.41, 5.74) is 1.21. The van der Waals surface area contributed by atoms with Gasteiger partial charge in [-0.05, 0) is 52.4 Å². The molecule has 0 amide bonds. The maximum atomic E-state index is 12.2. The van der Waals surface area contributed by atoms with Gasteiger partial charge in [-0.1, -0.05) is 11.6 Å². The minimum atomic E-state index is -0.500. The summed E-state index contributed by atoms with van der Waals surface area (Å²) in [5, 5.41) is 10.0. The van der Waals surface area contributed by atoms with Crippen LogP contribution in [0.1, 0.15) is 26.7 Å². The standard InChI is InChI=1S/C15H18O2.3CO.Cr/c1-10(2)7-8-11-9-14(16)12-5-3-4-6-13(12)15(11)17;3*1-2;/h3-7,11,14,16H,8-9H2,1-2H3;;;;/t11-,14+;;;;/m1..../s1. The number of aliphatic hydroxyl groups is 1. The second-order valence-electron chi connectivity index (χ2n) is 4.92. The summed E-state index contributed by atoms with van der Waals surface area (Å²) in [6.45, 7) is 17.6. The molecule has 126 valence electrons. The molecule has 0 bridgehead atoms. The van der Waals surface area contributed by atoms with Gasteiger partial charge in [-0.25, -0.2) is 0 Å². The number of ketones is 1. The van der Waals surface area contributed by atoms with Gasteiger partial charge < -0.3 is 5.11 Å². The van der Waals surface area contributed by atoms with Crippen molar-refractivity contribution in [1.29, 1.82) is 0 Å². The van der Waals surface area contributed by atoms with Crippen molar-refractivity contribution in [3.05, 3.63) is 69.1 Å². The molecule has 2 rings (SSSR count).